The zero-order chi connectivity index (χ0) is 23.1. The van der Waals surface area contributed by atoms with Crippen molar-refractivity contribution in [3.8, 4) is 0 Å². The Morgan fingerprint density at radius 3 is 2.41 bits per heavy atom. The van der Waals surface area contributed by atoms with Gasteiger partial charge >= 0.3 is 5.97 Å². The first-order valence-corrected chi connectivity index (χ1v) is 10.2. The van der Waals surface area contributed by atoms with Crippen LogP contribution in [0.4, 0.5) is 11.6 Å². The molecule has 1 amide bonds. The molecule has 0 aliphatic heterocycles. The van der Waals surface area contributed by atoms with Crippen LogP contribution in [-0.2, 0) is 4.79 Å². The van der Waals surface area contributed by atoms with E-state index >= 15 is 0 Å². The number of nitrogens with zero attached hydrogens (tertiary/aromatic N) is 4. The van der Waals surface area contributed by atoms with Crippen LogP contribution < -0.4 is 10.2 Å². The van der Waals surface area contributed by atoms with E-state index in [0.29, 0.717) is 5.95 Å². The fourth-order valence-corrected chi connectivity index (χ4v) is 3.39. The molecule has 0 spiro atoms. The Morgan fingerprint density at radius 2 is 1.81 bits per heavy atom. The van der Waals surface area contributed by atoms with Crippen molar-refractivity contribution < 1.29 is 14.7 Å². The van der Waals surface area contributed by atoms with Crippen LogP contribution in [0.3, 0.4) is 0 Å². The lowest BCUT2D eigenvalue weighted by Crippen LogP contribution is -2.40. The number of aliphatic carboxylic acids is 1. The van der Waals surface area contributed by atoms with E-state index in [9.17, 15) is 14.7 Å². The maximum Gasteiger partial charge on any atom is 0.326 e. The van der Waals surface area contributed by atoms with Crippen LogP contribution in [0.25, 0.3) is 6.08 Å². The lowest BCUT2D eigenvalue weighted by molar-refractivity contribution is -0.139. The van der Waals surface area contributed by atoms with E-state index in [4.69, 9.17) is 23.2 Å². The van der Waals surface area contributed by atoms with Gasteiger partial charge in [0.2, 0.25) is 5.95 Å². The minimum absolute atomic E-state index is 0.0448. The van der Waals surface area contributed by atoms with Gasteiger partial charge in [0.25, 0.3) is 5.91 Å². The molecular formula is C22H19Cl2N5O3. The Morgan fingerprint density at radius 1 is 1.12 bits per heavy atom. The summed E-state index contributed by atoms with van der Waals surface area (Å²) in [7, 11) is 1.83. The van der Waals surface area contributed by atoms with Gasteiger partial charge in [-0.25, -0.2) is 9.78 Å². The Kier molecular flexibility index (Phi) is 7.75. The molecule has 0 radical (unpaired) electrons. The van der Waals surface area contributed by atoms with Gasteiger partial charge in [-0.15, -0.1) is 5.10 Å². The maximum atomic E-state index is 12.5. The second-order valence-corrected chi connectivity index (χ2v) is 7.51. The quantitative estimate of drug-likeness (QED) is 0.505. The van der Waals surface area contributed by atoms with E-state index in [-0.39, 0.29) is 22.0 Å². The first-order chi connectivity index (χ1) is 15.4. The molecular weight excluding hydrogens is 453 g/mol. The highest BCUT2D eigenvalue weighted by Crippen LogP contribution is 2.24. The van der Waals surface area contributed by atoms with Crippen LogP contribution in [0.2, 0.25) is 10.0 Å². The number of aromatic nitrogens is 3. The summed E-state index contributed by atoms with van der Waals surface area (Å²) in [5.74, 6) is -1.35. The second-order valence-electron chi connectivity index (χ2n) is 6.69. The third-order valence-corrected chi connectivity index (χ3v) is 5.16. The van der Waals surface area contributed by atoms with Crippen LogP contribution in [-0.4, -0.2) is 45.3 Å². The molecule has 0 aliphatic rings. The molecule has 1 unspecified atom stereocenters. The Hall–Kier alpha value is -3.49. The van der Waals surface area contributed by atoms with Crippen LogP contribution in [0, 0.1) is 0 Å². The Bertz CT molecular complexity index is 1100. The number of nitrogens with one attached hydrogen (secondary N) is 1. The van der Waals surface area contributed by atoms with Crippen LogP contribution >= 0.6 is 23.2 Å². The number of amides is 1. The van der Waals surface area contributed by atoms with Gasteiger partial charge in [-0.3, -0.25) is 4.79 Å². The van der Waals surface area contributed by atoms with Crippen LogP contribution in [0.15, 0.2) is 60.9 Å². The van der Waals surface area contributed by atoms with Crippen molar-refractivity contribution in [2.45, 2.75) is 12.5 Å². The first-order valence-electron chi connectivity index (χ1n) is 9.48. The van der Waals surface area contributed by atoms with Gasteiger partial charge in [0.1, 0.15) is 6.04 Å². The molecule has 0 saturated heterocycles. The topological polar surface area (TPSA) is 108 Å². The average Bonchev–Trinajstić information content (AvgIpc) is 2.78. The minimum atomic E-state index is -1.17. The number of carbonyl (C=O) groups excluding carboxylic acids is 1. The van der Waals surface area contributed by atoms with E-state index in [1.165, 1.54) is 18.3 Å². The highest BCUT2D eigenvalue weighted by Gasteiger charge is 2.22. The summed E-state index contributed by atoms with van der Waals surface area (Å²) >= 11 is 12.0. The van der Waals surface area contributed by atoms with Gasteiger partial charge in [-0.2, -0.15) is 5.10 Å². The van der Waals surface area contributed by atoms with Gasteiger partial charge in [-0.1, -0.05) is 53.6 Å². The van der Waals surface area contributed by atoms with E-state index in [1.807, 2.05) is 31.3 Å². The lowest BCUT2D eigenvalue weighted by atomic mass is 10.1. The molecule has 1 atom stereocenters. The summed E-state index contributed by atoms with van der Waals surface area (Å²) in [6, 6.07) is 11.0. The summed E-state index contributed by atoms with van der Waals surface area (Å²) in [6.45, 7) is 0. The largest absolute Gasteiger partial charge is 0.480 e. The fraction of sp³-hybridized carbons (Fsp3) is 0.136. The van der Waals surface area contributed by atoms with Gasteiger partial charge in [-0.05, 0) is 36.2 Å². The SMILES string of the molecule is CN(c1ccc(/C=C/CC(NC(=O)c2c(Cl)cccc2Cl)C(=O)O)cc1)c1nccnn1. The van der Waals surface area contributed by atoms with Gasteiger partial charge in [0.15, 0.2) is 0 Å². The molecule has 164 valence electrons. The van der Waals surface area contributed by atoms with E-state index in [1.54, 1.807) is 29.3 Å². The second kappa shape index (κ2) is 10.7. The summed E-state index contributed by atoms with van der Waals surface area (Å²) < 4.78 is 0. The Balaban J connectivity index is 1.64. The predicted molar refractivity (Wildman–Crippen MR) is 123 cm³/mol. The Labute approximate surface area is 194 Å². The standard InChI is InChI=1S/C22H19Cl2N5O3/c1-29(22-25-12-13-26-28-22)15-10-8-14(9-11-15)4-2-7-18(21(31)32)27-20(30)19-16(23)5-3-6-17(19)24/h2-6,8-13,18H,7H2,1H3,(H,27,30)(H,31,32)/b4-2+. The number of rotatable bonds is 8. The lowest BCUT2D eigenvalue weighted by Gasteiger charge is -2.16. The van der Waals surface area contributed by atoms with E-state index < -0.39 is 17.9 Å². The van der Waals surface area contributed by atoms with E-state index in [0.717, 1.165) is 11.3 Å². The number of benzene rings is 2. The number of anilines is 2. The minimum Gasteiger partial charge on any atom is -0.480 e. The third-order valence-electron chi connectivity index (χ3n) is 4.53. The molecule has 1 heterocycles. The molecule has 10 heteroatoms. The van der Waals surface area contributed by atoms with Gasteiger partial charge in [0, 0.05) is 12.7 Å². The number of carbonyl (C=O) groups is 2. The summed E-state index contributed by atoms with van der Waals surface area (Å²) in [4.78, 5) is 30.0. The highest BCUT2D eigenvalue weighted by atomic mass is 35.5. The third kappa shape index (κ3) is 5.81. The molecule has 3 rings (SSSR count). The van der Waals surface area contributed by atoms with Gasteiger partial charge in [0.05, 0.1) is 28.0 Å². The maximum absolute atomic E-state index is 12.5. The van der Waals surface area contributed by atoms with Crippen molar-refractivity contribution in [2.24, 2.45) is 0 Å². The monoisotopic (exact) mass is 471 g/mol. The smallest absolute Gasteiger partial charge is 0.326 e. The molecule has 0 saturated carbocycles. The van der Waals surface area contributed by atoms with Crippen LogP contribution in [0.5, 0.6) is 0 Å². The summed E-state index contributed by atoms with van der Waals surface area (Å²) in [5, 5.41) is 20.0. The molecule has 1 aromatic heterocycles. The number of carboxylic acid groups (broad SMARTS) is 1. The van der Waals surface area contributed by atoms with Crippen molar-refractivity contribution >= 4 is 52.8 Å². The number of halogens is 2. The van der Waals surface area contributed by atoms with Crippen molar-refractivity contribution in [1.29, 1.82) is 0 Å². The highest BCUT2D eigenvalue weighted by molar-refractivity contribution is 6.39. The van der Waals surface area contributed by atoms with Crippen molar-refractivity contribution in [2.75, 3.05) is 11.9 Å². The number of hydrogen-bond acceptors (Lipinski definition) is 6. The molecule has 2 N–H and O–H groups in total. The number of carboxylic acids is 1. The van der Waals surface area contributed by atoms with Crippen molar-refractivity contribution in [3.63, 3.8) is 0 Å². The average molecular weight is 472 g/mol. The molecule has 8 nitrogen and oxygen atoms in total. The molecule has 0 bridgehead atoms. The van der Waals surface area contributed by atoms with E-state index in [2.05, 4.69) is 20.5 Å². The molecule has 2 aromatic carbocycles. The van der Waals surface area contributed by atoms with Crippen molar-refractivity contribution in [3.05, 3.63) is 82.1 Å². The molecule has 3 aromatic rings. The summed E-state index contributed by atoms with van der Waals surface area (Å²) in [6.07, 6.45) is 6.59. The predicted octanol–water partition coefficient (Wildman–Crippen LogP) is 4.23. The summed E-state index contributed by atoms with van der Waals surface area (Å²) in [5.41, 5.74) is 1.77. The molecule has 32 heavy (non-hydrogen) atoms. The first kappa shape index (κ1) is 23.2. The molecule has 0 aliphatic carbocycles. The molecule has 0 fully saturated rings. The van der Waals surface area contributed by atoms with Crippen LogP contribution in [0.1, 0.15) is 22.3 Å². The zero-order valence-corrected chi connectivity index (χ0v) is 18.5. The normalized spacial score (nSPS) is 11.8. The fourth-order valence-electron chi connectivity index (χ4n) is 2.83. The zero-order valence-electron chi connectivity index (χ0n) is 16.9. The van der Waals surface area contributed by atoms with Gasteiger partial charge < -0.3 is 15.3 Å². The van der Waals surface area contributed by atoms with Crippen molar-refractivity contribution in [1.82, 2.24) is 20.5 Å². The number of hydrogen-bond donors (Lipinski definition) is 2.